The summed E-state index contributed by atoms with van der Waals surface area (Å²) in [6.07, 6.45) is 3.82. The maximum absolute atomic E-state index is 9.73. The van der Waals surface area contributed by atoms with Crippen molar-refractivity contribution < 1.29 is 9.84 Å². The molecule has 4 aromatic rings. The van der Waals surface area contributed by atoms with Gasteiger partial charge in [0.2, 0.25) is 0 Å². The maximum atomic E-state index is 9.73. The lowest BCUT2D eigenvalue weighted by atomic mass is 10.0. The molecule has 1 fully saturated rings. The smallest absolute Gasteiger partial charge is 0.174 e. The molecule has 32 heavy (non-hydrogen) atoms. The quantitative estimate of drug-likeness (QED) is 0.435. The van der Waals surface area contributed by atoms with Gasteiger partial charge in [-0.1, -0.05) is 6.07 Å². The first-order valence-electron chi connectivity index (χ1n) is 10.3. The SMILES string of the molecule is COc1ccc(N2C(=S)N[C@@H](c3ccccn3)[C@H]2c2cccn2-c2ccc(O)cc2)cc1. The molecule has 0 amide bonds. The van der Waals surface area contributed by atoms with Gasteiger partial charge in [0, 0.05) is 29.5 Å². The minimum absolute atomic E-state index is 0.142. The molecule has 0 spiro atoms. The summed E-state index contributed by atoms with van der Waals surface area (Å²) < 4.78 is 7.45. The summed E-state index contributed by atoms with van der Waals surface area (Å²) in [7, 11) is 1.65. The lowest BCUT2D eigenvalue weighted by Gasteiger charge is -2.29. The van der Waals surface area contributed by atoms with Gasteiger partial charge >= 0.3 is 0 Å². The van der Waals surface area contributed by atoms with E-state index in [1.165, 1.54) is 0 Å². The number of pyridine rings is 1. The van der Waals surface area contributed by atoms with E-state index in [0.717, 1.165) is 28.5 Å². The number of aromatic nitrogens is 2. The van der Waals surface area contributed by atoms with E-state index in [1.54, 1.807) is 25.4 Å². The van der Waals surface area contributed by atoms with Gasteiger partial charge in [0.25, 0.3) is 0 Å². The molecule has 0 bridgehead atoms. The molecule has 7 heteroatoms. The number of phenolic OH excluding ortho intramolecular Hbond substituents is 1. The van der Waals surface area contributed by atoms with Crippen LogP contribution in [0, 0.1) is 0 Å². The molecule has 2 aromatic heterocycles. The van der Waals surface area contributed by atoms with E-state index in [4.69, 9.17) is 17.0 Å². The summed E-state index contributed by atoms with van der Waals surface area (Å²) >= 11 is 5.80. The highest BCUT2D eigenvalue weighted by atomic mass is 32.1. The minimum Gasteiger partial charge on any atom is -0.508 e. The summed E-state index contributed by atoms with van der Waals surface area (Å²) in [6, 6.07) is 24.8. The number of phenols is 1. The number of rotatable bonds is 5. The van der Waals surface area contributed by atoms with E-state index < -0.39 is 0 Å². The van der Waals surface area contributed by atoms with Crippen LogP contribution in [0.2, 0.25) is 0 Å². The maximum Gasteiger partial charge on any atom is 0.174 e. The van der Waals surface area contributed by atoms with Gasteiger partial charge in [-0.15, -0.1) is 0 Å². The second-order valence-corrected chi connectivity index (χ2v) is 7.90. The lowest BCUT2D eigenvalue weighted by molar-refractivity contribution is 0.415. The van der Waals surface area contributed by atoms with Gasteiger partial charge in [-0.2, -0.15) is 0 Å². The Kier molecular flexibility index (Phi) is 5.25. The number of aromatic hydroxyl groups is 1. The second-order valence-electron chi connectivity index (χ2n) is 7.51. The standard InChI is InChI=1S/C25H22N4O2S/c1-31-20-13-9-18(10-14-20)29-24(23(27-25(29)32)21-5-2-3-15-26-21)22-6-4-16-28(22)17-7-11-19(30)12-8-17/h2-16,23-24,30H,1H3,(H,27,32)/t23-,24+/m0/s1. The van der Waals surface area contributed by atoms with Crippen molar-refractivity contribution in [3.05, 3.63) is 103 Å². The van der Waals surface area contributed by atoms with Crippen LogP contribution in [-0.4, -0.2) is 26.9 Å². The van der Waals surface area contributed by atoms with E-state index in [0.29, 0.717) is 5.11 Å². The molecule has 0 saturated carbocycles. The molecular formula is C25H22N4O2S. The van der Waals surface area contributed by atoms with Crippen LogP contribution < -0.4 is 15.0 Å². The minimum atomic E-state index is -0.144. The van der Waals surface area contributed by atoms with E-state index in [-0.39, 0.29) is 17.8 Å². The van der Waals surface area contributed by atoms with Crippen molar-refractivity contribution in [3.8, 4) is 17.2 Å². The first-order valence-corrected chi connectivity index (χ1v) is 10.7. The summed E-state index contributed by atoms with van der Waals surface area (Å²) in [5.74, 6) is 1.02. The van der Waals surface area contributed by atoms with E-state index in [2.05, 4.69) is 25.8 Å². The Morgan fingerprint density at radius 3 is 2.38 bits per heavy atom. The zero-order valence-corrected chi connectivity index (χ0v) is 18.2. The third-order valence-electron chi connectivity index (χ3n) is 5.66. The fraction of sp³-hybridized carbons (Fsp3) is 0.120. The Bertz CT molecular complexity index is 1220. The Balaban J connectivity index is 1.64. The predicted octanol–water partition coefficient (Wildman–Crippen LogP) is 4.76. The van der Waals surface area contributed by atoms with Gasteiger partial charge in [0.05, 0.1) is 18.8 Å². The molecule has 2 N–H and O–H groups in total. The molecule has 2 aromatic carbocycles. The summed E-state index contributed by atoms with van der Waals surface area (Å²) in [5.41, 5.74) is 3.88. The number of hydrogen-bond acceptors (Lipinski definition) is 4. The second kappa shape index (κ2) is 8.36. The molecule has 6 nitrogen and oxygen atoms in total. The highest BCUT2D eigenvalue weighted by molar-refractivity contribution is 7.80. The number of nitrogens with zero attached hydrogens (tertiary/aromatic N) is 3. The number of thiocarbonyl (C=S) groups is 1. The van der Waals surface area contributed by atoms with Gasteiger partial charge < -0.3 is 24.6 Å². The molecule has 3 heterocycles. The normalized spacial score (nSPS) is 17.9. The molecule has 2 atom stereocenters. The number of hydrogen-bond donors (Lipinski definition) is 2. The van der Waals surface area contributed by atoms with Crippen molar-refractivity contribution in [2.75, 3.05) is 12.0 Å². The Morgan fingerprint density at radius 1 is 0.938 bits per heavy atom. The molecule has 0 aliphatic carbocycles. The van der Waals surface area contributed by atoms with Gasteiger partial charge in [-0.05, 0) is 85.0 Å². The highest BCUT2D eigenvalue weighted by Gasteiger charge is 2.42. The third kappa shape index (κ3) is 3.56. The molecule has 0 unspecified atom stereocenters. The Labute approximate surface area is 191 Å². The van der Waals surface area contributed by atoms with Crippen molar-refractivity contribution in [2.45, 2.75) is 12.1 Å². The third-order valence-corrected chi connectivity index (χ3v) is 5.97. The molecule has 1 saturated heterocycles. The zero-order valence-electron chi connectivity index (χ0n) is 17.4. The van der Waals surface area contributed by atoms with Crippen LogP contribution in [0.5, 0.6) is 11.5 Å². The van der Waals surface area contributed by atoms with Gasteiger partial charge in [-0.25, -0.2) is 0 Å². The number of nitrogens with one attached hydrogen (secondary N) is 1. The van der Waals surface area contributed by atoms with Crippen LogP contribution in [0.25, 0.3) is 5.69 Å². The summed E-state index contributed by atoms with van der Waals surface area (Å²) in [5, 5.41) is 13.8. The van der Waals surface area contributed by atoms with Crippen LogP contribution in [0.15, 0.2) is 91.3 Å². The lowest BCUT2D eigenvalue weighted by Crippen LogP contribution is -2.30. The molecule has 160 valence electrons. The molecule has 1 aliphatic rings. The van der Waals surface area contributed by atoms with Gasteiger partial charge in [0.1, 0.15) is 17.5 Å². The molecule has 0 radical (unpaired) electrons. The molecule has 1 aliphatic heterocycles. The predicted molar refractivity (Wildman–Crippen MR) is 128 cm³/mol. The van der Waals surface area contributed by atoms with Crippen LogP contribution in [-0.2, 0) is 0 Å². The van der Waals surface area contributed by atoms with Crippen molar-refractivity contribution in [1.29, 1.82) is 0 Å². The fourth-order valence-electron chi connectivity index (χ4n) is 4.16. The van der Waals surface area contributed by atoms with Gasteiger partial charge in [0.15, 0.2) is 5.11 Å². The zero-order chi connectivity index (χ0) is 22.1. The topological polar surface area (TPSA) is 62.5 Å². The van der Waals surface area contributed by atoms with Gasteiger partial charge in [-0.3, -0.25) is 4.98 Å². The Hall–Kier alpha value is -3.84. The molecular weight excluding hydrogens is 420 g/mol. The van der Waals surface area contributed by atoms with Crippen molar-refractivity contribution in [3.63, 3.8) is 0 Å². The number of methoxy groups -OCH3 is 1. The highest BCUT2D eigenvalue weighted by Crippen LogP contribution is 2.42. The van der Waals surface area contributed by atoms with E-state index in [1.807, 2.05) is 66.9 Å². The number of benzene rings is 2. The average molecular weight is 443 g/mol. The first kappa shape index (κ1) is 20.1. The van der Waals surface area contributed by atoms with Crippen LogP contribution in [0.1, 0.15) is 23.5 Å². The van der Waals surface area contributed by atoms with Crippen LogP contribution in [0.3, 0.4) is 0 Å². The van der Waals surface area contributed by atoms with E-state index >= 15 is 0 Å². The first-order chi connectivity index (χ1) is 15.7. The Morgan fingerprint density at radius 2 is 1.69 bits per heavy atom. The largest absolute Gasteiger partial charge is 0.508 e. The summed E-state index contributed by atoms with van der Waals surface area (Å²) in [6.45, 7) is 0. The molecule has 5 rings (SSSR count). The van der Waals surface area contributed by atoms with Crippen molar-refractivity contribution in [1.82, 2.24) is 14.9 Å². The summed E-state index contributed by atoms with van der Waals surface area (Å²) in [4.78, 5) is 6.74. The van der Waals surface area contributed by atoms with Crippen LogP contribution >= 0.6 is 12.2 Å². The van der Waals surface area contributed by atoms with Crippen molar-refractivity contribution >= 4 is 23.0 Å². The van der Waals surface area contributed by atoms with Crippen LogP contribution in [0.4, 0.5) is 5.69 Å². The number of anilines is 1. The van der Waals surface area contributed by atoms with Crippen molar-refractivity contribution in [2.24, 2.45) is 0 Å². The fourth-order valence-corrected chi connectivity index (χ4v) is 4.51. The van der Waals surface area contributed by atoms with E-state index in [9.17, 15) is 5.11 Å². The number of ether oxygens (including phenoxy) is 1. The average Bonchev–Trinajstić information content (AvgIpc) is 3.44. The monoisotopic (exact) mass is 442 g/mol.